The van der Waals surface area contributed by atoms with Gasteiger partial charge in [-0.1, -0.05) is 34.1 Å². The first-order chi connectivity index (χ1) is 9.33. The molecule has 0 spiro atoms. The number of rotatable bonds is 3. The second kappa shape index (κ2) is 6.35. The van der Waals surface area contributed by atoms with E-state index in [-0.39, 0.29) is 0 Å². The molecule has 1 aromatic carbocycles. The lowest BCUT2D eigenvalue weighted by Gasteiger charge is -2.32. The zero-order valence-corrected chi connectivity index (χ0v) is 12.8. The van der Waals surface area contributed by atoms with Crippen LogP contribution in [0.5, 0.6) is 0 Å². The van der Waals surface area contributed by atoms with E-state index in [0.717, 1.165) is 38.9 Å². The highest BCUT2D eigenvalue weighted by molar-refractivity contribution is 9.10. The molecular formula is C15H21BrN2O. The monoisotopic (exact) mass is 324 g/mol. The summed E-state index contributed by atoms with van der Waals surface area (Å²) in [4.78, 5) is 5.17. The maximum absolute atomic E-state index is 5.44. The number of morpholine rings is 1. The summed E-state index contributed by atoms with van der Waals surface area (Å²) in [5.41, 5.74) is 1.39. The lowest BCUT2D eigenvalue weighted by atomic mass is 10.2. The van der Waals surface area contributed by atoms with Crippen molar-refractivity contribution >= 4 is 15.9 Å². The molecule has 0 N–H and O–H groups in total. The highest BCUT2D eigenvalue weighted by Crippen LogP contribution is 2.22. The van der Waals surface area contributed by atoms with Crippen molar-refractivity contribution in [3.8, 4) is 0 Å². The Morgan fingerprint density at radius 3 is 2.74 bits per heavy atom. The number of hydrogen-bond donors (Lipinski definition) is 0. The van der Waals surface area contributed by atoms with Crippen molar-refractivity contribution in [1.82, 2.24) is 9.80 Å². The van der Waals surface area contributed by atoms with E-state index >= 15 is 0 Å². The summed E-state index contributed by atoms with van der Waals surface area (Å²) in [7, 11) is 0. The van der Waals surface area contributed by atoms with Crippen LogP contribution in [0.25, 0.3) is 0 Å². The predicted octanol–water partition coefficient (Wildman–Crippen LogP) is 2.36. The van der Waals surface area contributed by atoms with Crippen LogP contribution in [0.1, 0.15) is 12.0 Å². The molecule has 0 saturated carbocycles. The molecule has 19 heavy (non-hydrogen) atoms. The molecule has 2 fully saturated rings. The zero-order chi connectivity index (χ0) is 13.1. The van der Waals surface area contributed by atoms with E-state index in [0.29, 0.717) is 0 Å². The molecule has 1 unspecified atom stereocenters. The van der Waals surface area contributed by atoms with Gasteiger partial charge in [-0.3, -0.25) is 9.80 Å². The van der Waals surface area contributed by atoms with Gasteiger partial charge in [0.1, 0.15) is 0 Å². The van der Waals surface area contributed by atoms with Crippen molar-refractivity contribution in [2.24, 2.45) is 0 Å². The summed E-state index contributed by atoms with van der Waals surface area (Å²) < 4.78 is 6.66. The highest BCUT2D eigenvalue weighted by Gasteiger charge is 2.28. The number of ether oxygens (including phenoxy) is 1. The molecule has 3 nitrogen and oxygen atoms in total. The Labute approximate surface area is 123 Å². The average Bonchev–Trinajstić information content (AvgIpc) is 2.91. The van der Waals surface area contributed by atoms with Gasteiger partial charge in [-0.2, -0.15) is 0 Å². The summed E-state index contributed by atoms with van der Waals surface area (Å²) in [5, 5.41) is 0. The minimum atomic E-state index is 0.728. The van der Waals surface area contributed by atoms with Crippen molar-refractivity contribution in [2.45, 2.75) is 19.0 Å². The van der Waals surface area contributed by atoms with Crippen LogP contribution in [0.3, 0.4) is 0 Å². The van der Waals surface area contributed by atoms with Gasteiger partial charge in [-0.05, 0) is 18.1 Å². The molecule has 3 rings (SSSR count). The maximum atomic E-state index is 5.44. The van der Waals surface area contributed by atoms with Crippen LogP contribution in [-0.4, -0.2) is 55.2 Å². The van der Waals surface area contributed by atoms with E-state index in [1.165, 1.54) is 29.5 Å². The van der Waals surface area contributed by atoms with Crippen LogP contribution in [0, 0.1) is 0 Å². The molecule has 0 aliphatic carbocycles. The Bertz CT molecular complexity index is 420. The minimum Gasteiger partial charge on any atom is -0.379 e. The topological polar surface area (TPSA) is 15.7 Å². The third-order valence-electron chi connectivity index (χ3n) is 4.16. The Morgan fingerprint density at radius 2 is 1.95 bits per heavy atom. The van der Waals surface area contributed by atoms with Crippen LogP contribution in [0.4, 0.5) is 0 Å². The largest absolute Gasteiger partial charge is 0.379 e. The molecule has 2 saturated heterocycles. The number of hydrogen-bond acceptors (Lipinski definition) is 3. The van der Waals surface area contributed by atoms with Gasteiger partial charge >= 0.3 is 0 Å². The van der Waals surface area contributed by atoms with Gasteiger partial charge in [-0.15, -0.1) is 0 Å². The van der Waals surface area contributed by atoms with Gasteiger partial charge in [0.15, 0.2) is 0 Å². The minimum absolute atomic E-state index is 0.728. The average molecular weight is 325 g/mol. The fourth-order valence-corrected chi connectivity index (χ4v) is 3.47. The molecule has 2 aliphatic rings. The van der Waals surface area contributed by atoms with E-state index in [2.05, 4.69) is 50.0 Å². The van der Waals surface area contributed by atoms with Crippen LogP contribution in [0.15, 0.2) is 28.7 Å². The fraction of sp³-hybridized carbons (Fsp3) is 0.600. The summed E-state index contributed by atoms with van der Waals surface area (Å²) in [6.45, 7) is 7.48. The molecule has 2 heterocycles. The Kier molecular flexibility index (Phi) is 4.53. The van der Waals surface area contributed by atoms with Crippen molar-refractivity contribution in [1.29, 1.82) is 0 Å². The smallest absolute Gasteiger partial charge is 0.0594 e. The Hall–Kier alpha value is -0.420. The first-order valence-electron chi connectivity index (χ1n) is 7.10. The van der Waals surface area contributed by atoms with Gasteiger partial charge in [0.25, 0.3) is 0 Å². The zero-order valence-electron chi connectivity index (χ0n) is 11.2. The summed E-state index contributed by atoms with van der Waals surface area (Å²) in [6.07, 6.45) is 1.30. The standard InChI is InChI=1S/C15H21BrN2O/c16-15-4-2-1-3-13(15)11-17-6-5-14(12-17)18-7-9-19-10-8-18/h1-4,14H,5-12H2. The van der Waals surface area contributed by atoms with Crippen molar-refractivity contribution in [2.75, 3.05) is 39.4 Å². The molecule has 104 valence electrons. The first-order valence-corrected chi connectivity index (χ1v) is 7.90. The molecule has 1 atom stereocenters. The van der Waals surface area contributed by atoms with Gasteiger partial charge in [0.2, 0.25) is 0 Å². The Balaban J connectivity index is 1.55. The van der Waals surface area contributed by atoms with Gasteiger partial charge in [0.05, 0.1) is 13.2 Å². The number of benzene rings is 1. The first kappa shape index (κ1) is 13.6. The fourth-order valence-electron chi connectivity index (χ4n) is 3.06. The lowest BCUT2D eigenvalue weighted by Crippen LogP contribution is -2.44. The van der Waals surface area contributed by atoms with Crippen molar-refractivity contribution in [3.63, 3.8) is 0 Å². The summed E-state index contributed by atoms with van der Waals surface area (Å²) in [5.74, 6) is 0. The second-order valence-corrected chi connectivity index (χ2v) is 6.27. The summed E-state index contributed by atoms with van der Waals surface area (Å²) >= 11 is 3.64. The van der Waals surface area contributed by atoms with Crippen molar-refractivity contribution < 1.29 is 4.74 Å². The molecule has 0 amide bonds. The number of likely N-dealkylation sites (tertiary alicyclic amines) is 1. The van der Waals surface area contributed by atoms with E-state index in [4.69, 9.17) is 4.74 Å². The second-order valence-electron chi connectivity index (χ2n) is 5.42. The van der Waals surface area contributed by atoms with Gasteiger partial charge in [0, 0.05) is 43.2 Å². The SMILES string of the molecule is Brc1ccccc1CN1CCC(N2CCOCC2)C1. The van der Waals surface area contributed by atoms with Crippen LogP contribution < -0.4 is 0 Å². The van der Waals surface area contributed by atoms with Gasteiger partial charge in [-0.25, -0.2) is 0 Å². The summed E-state index contributed by atoms with van der Waals surface area (Å²) in [6, 6.07) is 9.27. The van der Waals surface area contributed by atoms with Crippen molar-refractivity contribution in [3.05, 3.63) is 34.3 Å². The predicted molar refractivity (Wildman–Crippen MR) is 80.2 cm³/mol. The highest BCUT2D eigenvalue weighted by atomic mass is 79.9. The number of nitrogens with zero attached hydrogens (tertiary/aromatic N) is 2. The lowest BCUT2D eigenvalue weighted by molar-refractivity contribution is 0.0184. The molecule has 0 radical (unpaired) electrons. The molecule has 4 heteroatoms. The number of halogens is 1. The third-order valence-corrected chi connectivity index (χ3v) is 4.93. The molecule has 0 bridgehead atoms. The molecule has 2 aliphatic heterocycles. The van der Waals surface area contributed by atoms with Gasteiger partial charge < -0.3 is 4.74 Å². The molecule has 0 aromatic heterocycles. The van der Waals surface area contributed by atoms with Crippen LogP contribution >= 0.6 is 15.9 Å². The van der Waals surface area contributed by atoms with E-state index in [1.807, 2.05) is 0 Å². The molecule has 1 aromatic rings. The quantitative estimate of drug-likeness (QED) is 0.848. The Morgan fingerprint density at radius 1 is 1.16 bits per heavy atom. The normalized spacial score (nSPS) is 25.8. The van der Waals surface area contributed by atoms with E-state index < -0.39 is 0 Å². The molecular weight excluding hydrogens is 304 g/mol. The van der Waals surface area contributed by atoms with Crippen LogP contribution in [-0.2, 0) is 11.3 Å². The maximum Gasteiger partial charge on any atom is 0.0594 e. The van der Waals surface area contributed by atoms with E-state index in [1.54, 1.807) is 0 Å². The third kappa shape index (κ3) is 3.37. The van der Waals surface area contributed by atoms with Crippen LogP contribution in [0.2, 0.25) is 0 Å². The van der Waals surface area contributed by atoms with E-state index in [9.17, 15) is 0 Å².